The van der Waals surface area contributed by atoms with Crippen LogP contribution in [0.25, 0.3) is 18.7 Å². The zero-order valence-electron chi connectivity index (χ0n) is 11.9. The summed E-state index contributed by atoms with van der Waals surface area (Å²) < 4.78 is 8.39. The highest BCUT2D eigenvalue weighted by Gasteiger charge is 2.07. The lowest BCUT2D eigenvalue weighted by Gasteiger charge is -2.06. The van der Waals surface area contributed by atoms with Crippen LogP contribution in [-0.4, -0.2) is 11.4 Å². The Morgan fingerprint density at radius 2 is 2.20 bits per heavy atom. The second kappa shape index (κ2) is 7.05. The molecule has 1 rings (SSSR count). The molecule has 1 heterocycles. The second-order valence-corrected chi connectivity index (χ2v) is 4.86. The summed E-state index contributed by atoms with van der Waals surface area (Å²) in [5.41, 5.74) is 1.17. The van der Waals surface area contributed by atoms with E-state index in [1.165, 1.54) is 18.0 Å². The van der Waals surface area contributed by atoms with Crippen LogP contribution in [0.15, 0.2) is 27.2 Å². The van der Waals surface area contributed by atoms with Crippen LogP contribution in [0.3, 0.4) is 0 Å². The van der Waals surface area contributed by atoms with E-state index in [0.717, 1.165) is 11.3 Å². The molecule has 0 amide bonds. The summed E-state index contributed by atoms with van der Waals surface area (Å²) in [6.07, 6.45) is 5.61. The summed E-state index contributed by atoms with van der Waals surface area (Å²) in [5.74, 6) is 0.287. The monoisotopic (exact) mass is 293 g/mol. The van der Waals surface area contributed by atoms with Crippen molar-refractivity contribution in [1.82, 2.24) is 4.72 Å². The molecule has 0 saturated heterocycles. The van der Waals surface area contributed by atoms with Crippen LogP contribution >= 0.6 is 11.9 Å². The number of aliphatic hydroxyl groups is 1. The lowest BCUT2D eigenvalue weighted by molar-refractivity contribution is 0.442. The fourth-order valence-electron chi connectivity index (χ4n) is 1.85. The average Bonchev–Trinajstić information content (AvgIpc) is 2.34. The lowest BCUT2D eigenvalue weighted by Crippen LogP contribution is -2.40. The Kier molecular flexibility index (Phi) is 5.70. The highest BCUT2D eigenvalue weighted by Crippen LogP contribution is 2.08. The SMILES string of the molecule is C=C(O)/C=c1/c(=O)oc(/C=C(\C)NSC)c(CC)c1=C. The predicted molar refractivity (Wildman–Crippen MR) is 85.7 cm³/mol. The molecular formula is C15H19NO3S. The van der Waals surface area contributed by atoms with E-state index in [-0.39, 0.29) is 11.0 Å². The van der Waals surface area contributed by atoms with Crippen LogP contribution in [0.5, 0.6) is 0 Å². The van der Waals surface area contributed by atoms with E-state index in [1.807, 2.05) is 20.1 Å². The summed E-state index contributed by atoms with van der Waals surface area (Å²) >= 11 is 1.46. The van der Waals surface area contributed by atoms with Crippen LogP contribution in [0, 0.1) is 0 Å². The van der Waals surface area contributed by atoms with E-state index in [2.05, 4.69) is 17.9 Å². The Hall–Kier alpha value is -1.88. The van der Waals surface area contributed by atoms with Crippen LogP contribution < -0.4 is 20.8 Å². The zero-order valence-corrected chi connectivity index (χ0v) is 12.8. The minimum Gasteiger partial charge on any atom is -0.509 e. The molecular weight excluding hydrogens is 274 g/mol. The molecule has 0 aromatic carbocycles. The Morgan fingerprint density at radius 3 is 2.70 bits per heavy atom. The standard InChI is InChI=1S/C15H19NO3S/c1-6-12-11(4)13(8-10(3)17)15(18)19-14(12)7-9(2)16-20-5/h7-8,16-17H,3-4,6H2,1-2,5H3/b9-7+,13-8+. The average molecular weight is 293 g/mol. The maximum absolute atomic E-state index is 12.0. The van der Waals surface area contributed by atoms with Gasteiger partial charge in [-0.1, -0.05) is 32.0 Å². The van der Waals surface area contributed by atoms with E-state index in [1.54, 1.807) is 6.08 Å². The third-order valence-corrected chi connectivity index (χ3v) is 3.21. The maximum Gasteiger partial charge on any atom is 0.344 e. The van der Waals surface area contributed by atoms with Crippen molar-refractivity contribution in [2.24, 2.45) is 0 Å². The van der Waals surface area contributed by atoms with Gasteiger partial charge < -0.3 is 14.2 Å². The Bertz CT molecular complexity index is 701. The molecule has 1 aromatic heterocycles. The van der Waals surface area contributed by atoms with Gasteiger partial charge >= 0.3 is 5.63 Å². The Labute approximate surface area is 122 Å². The summed E-state index contributed by atoms with van der Waals surface area (Å²) in [7, 11) is 0. The normalized spacial score (nSPS) is 12.6. The van der Waals surface area contributed by atoms with Crippen LogP contribution in [0.2, 0.25) is 0 Å². The molecule has 0 atom stereocenters. The van der Waals surface area contributed by atoms with Gasteiger partial charge in [0.25, 0.3) is 0 Å². The van der Waals surface area contributed by atoms with Gasteiger partial charge in [-0.15, -0.1) is 0 Å². The molecule has 0 spiro atoms. The van der Waals surface area contributed by atoms with Crippen LogP contribution in [-0.2, 0) is 6.42 Å². The molecule has 4 nitrogen and oxygen atoms in total. The number of hydrogen-bond donors (Lipinski definition) is 2. The molecule has 0 aliphatic carbocycles. The van der Waals surface area contributed by atoms with Gasteiger partial charge in [0, 0.05) is 23.6 Å². The molecule has 0 fully saturated rings. The number of rotatable bonds is 5. The molecule has 20 heavy (non-hydrogen) atoms. The smallest absolute Gasteiger partial charge is 0.344 e. The van der Waals surface area contributed by atoms with Crippen molar-refractivity contribution in [1.29, 1.82) is 0 Å². The first-order valence-corrected chi connectivity index (χ1v) is 7.35. The molecule has 0 aliphatic rings. The van der Waals surface area contributed by atoms with Crippen molar-refractivity contribution in [3.63, 3.8) is 0 Å². The van der Waals surface area contributed by atoms with Gasteiger partial charge in [-0.2, -0.15) is 0 Å². The molecule has 108 valence electrons. The molecule has 5 heteroatoms. The number of allylic oxidation sites excluding steroid dienone is 2. The van der Waals surface area contributed by atoms with E-state index in [0.29, 0.717) is 17.4 Å². The topological polar surface area (TPSA) is 62.5 Å². The van der Waals surface area contributed by atoms with Crippen molar-refractivity contribution in [2.45, 2.75) is 20.3 Å². The minimum atomic E-state index is -0.536. The van der Waals surface area contributed by atoms with Crippen molar-refractivity contribution in [3.05, 3.63) is 50.2 Å². The molecule has 0 bridgehead atoms. The number of aliphatic hydroxyl groups excluding tert-OH is 1. The molecule has 0 aliphatic heterocycles. The van der Waals surface area contributed by atoms with Gasteiger partial charge in [-0.05, 0) is 24.6 Å². The molecule has 0 unspecified atom stereocenters. The van der Waals surface area contributed by atoms with Crippen LogP contribution in [0.1, 0.15) is 25.2 Å². The fourth-order valence-corrected chi connectivity index (χ4v) is 2.24. The van der Waals surface area contributed by atoms with Gasteiger partial charge in [0.05, 0.1) is 5.22 Å². The Morgan fingerprint density at radius 1 is 1.55 bits per heavy atom. The van der Waals surface area contributed by atoms with Crippen LogP contribution in [0.4, 0.5) is 0 Å². The first-order chi connectivity index (χ1) is 9.40. The third-order valence-electron chi connectivity index (χ3n) is 2.68. The van der Waals surface area contributed by atoms with E-state index in [4.69, 9.17) is 4.42 Å². The van der Waals surface area contributed by atoms with E-state index in [9.17, 15) is 9.90 Å². The highest BCUT2D eigenvalue weighted by molar-refractivity contribution is 7.96. The predicted octanol–water partition coefficient (Wildman–Crippen LogP) is 1.69. The van der Waals surface area contributed by atoms with Crippen molar-refractivity contribution in [3.8, 4) is 0 Å². The first-order valence-electron chi connectivity index (χ1n) is 6.12. The summed E-state index contributed by atoms with van der Waals surface area (Å²) in [6.45, 7) is 11.1. The highest BCUT2D eigenvalue weighted by atomic mass is 32.2. The molecule has 2 N–H and O–H groups in total. The van der Waals surface area contributed by atoms with E-state index >= 15 is 0 Å². The summed E-state index contributed by atoms with van der Waals surface area (Å²) in [6, 6.07) is 0. The largest absolute Gasteiger partial charge is 0.509 e. The summed E-state index contributed by atoms with van der Waals surface area (Å²) in [5, 5.41) is 10.0. The van der Waals surface area contributed by atoms with Crippen molar-refractivity contribution < 1.29 is 9.52 Å². The zero-order chi connectivity index (χ0) is 15.3. The number of nitrogens with one attached hydrogen (secondary N) is 1. The fraction of sp³-hybridized carbons (Fsp3) is 0.267. The second-order valence-electron chi connectivity index (χ2n) is 4.25. The molecule has 0 saturated carbocycles. The van der Waals surface area contributed by atoms with Crippen molar-refractivity contribution in [2.75, 3.05) is 6.26 Å². The quantitative estimate of drug-likeness (QED) is 0.639. The first kappa shape index (κ1) is 16.2. The third kappa shape index (κ3) is 3.81. The van der Waals surface area contributed by atoms with E-state index < -0.39 is 5.63 Å². The Balaban J connectivity index is 3.60. The maximum atomic E-state index is 12.0. The van der Waals surface area contributed by atoms with Gasteiger partial charge in [0.15, 0.2) is 0 Å². The van der Waals surface area contributed by atoms with Gasteiger partial charge in [0.1, 0.15) is 11.5 Å². The van der Waals surface area contributed by atoms with Crippen molar-refractivity contribution >= 4 is 30.7 Å². The minimum absolute atomic E-state index is 0.201. The lowest BCUT2D eigenvalue weighted by atomic mass is 10.1. The van der Waals surface area contributed by atoms with Gasteiger partial charge in [-0.3, -0.25) is 0 Å². The summed E-state index contributed by atoms with van der Waals surface area (Å²) in [4.78, 5) is 12.0. The molecule has 1 aromatic rings. The van der Waals surface area contributed by atoms with Gasteiger partial charge in [0.2, 0.25) is 0 Å². The number of hydrogen-bond acceptors (Lipinski definition) is 5. The van der Waals surface area contributed by atoms with Gasteiger partial charge in [-0.25, -0.2) is 4.79 Å². The molecule has 0 radical (unpaired) electrons.